The zero-order chi connectivity index (χ0) is 31.8. The highest BCUT2D eigenvalue weighted by Crippen LogP contribution is 2.63. The van der Waals surface area contributed by atoms with Crippen LogP contribution in [0.2, 0.25) is 0 Å². The number of nitrogens with zero attached hydrogens (tertiary/aromatic N) is 1. The van der Waals surface area contributed by atoms with E-state index < -0.39 is 65.4 Å². The minimum absolute atomic E-state index is 0.0663. The van der Waals surface area contributed by atoms with Crippen LogP contribution in [-0.2, 0) is 33.4 Å². The van der Waals surface area contributed by atoms with E-state index in [2.05, 4.69) is 0 Å². The summed E-state index contributed by atoms with van der Waals surface area (Å²) in [7, 11) is 0. The van der Waals surface area contributed by atoms with Gasteiger partial charge in [-0.25, -0.2) is 8.78 Å². The number of fused-ring (bicyclic) bond motifs is 3. The predicted octanol–water partition coefficient (Wildman–Crippen LogP) is 5.01. The first-order valence-electron chi connectivity index (χ1n) is 17.1. The van der Waals surface area contributed by atoms with E-state index in [0.29, 0.717) is 37.5 Å². The number of alkyl halides is 2. The molecule has 0 aromatic rings. The lowest BCUT2D eigenvalue weighted by molar-refractivity contribution is -0.197. The van der Waals surface area contributed by atoms with Gasteiger partial charge in [-0.3, -0.25) is 19.2 Å². The third kappa shape index (κ3) is 4.77. The number of amides is 1. The van der Waals surface area contributed by atoms with Crippen LogP contribution in [0.5, 0.6) is 0 Å². The molecule has 6 saturated carbocycles. The van der Waals surface area contributed by atoms with Crippen LogP contribution < -0.4 is 0 Å². The van der Waals surface area contributed by atoms with Gasteiger partial charge >= 0.3 is 17.9 Å². The van der Waals surface area contributed by atoms with Crippen LogP contribution in [0.3, 0.4) is 0 Å². The first kappa shape index (κ1) is 30.4. The van der Waals surface area contributed by atoms with Gasteiger partial charge in [-0.1, -0.05) is 0 Å². The molecule has 6 aliphatic carbocycles. The summed E-state index contributed by atoms with van der Waals surface area (Å²) in [4.78, 5) is 57.3. The monoisotopic (exact) mass is 649 g/mol. The molecule has 1 amide bonds. The van der Waals surface area contributed by atoms with E-state index in [1.807, 2.05) is 25.7 Å². The summed E-state index contributed by atoms with van der Waals surface area (Å²) in [5, 5.41) is -0.341. The smallest absolute Gasteiger partial charge is 0.311 e. The van der Waals surface area contributed by atoms with Gasteiger partial charge in [0, 0.05) is 28.9 Å². The van der Waals surface area contributed by atoms with Crippen LogP contribution in [0.4, 0.5) is 8.78 Å². The van der Waals surface area contributed by atoms with E-state index in [9.17, 15) is 28.0 Å². The Balaban J connectivity index is 1.05. The number of thioether (sulfide) groups is 1. The van der Waals surface area contributed by atoms with Crippen molar-refractivity contribution in [3.63, 3.8) is 0 Å². The Hall–Kier alpha value is -1.91. The van der Waals surface area contributed by atoms with Crippen molar-refractivity contribution < 1.29 is 42.2 Å². The van der Waals surface area contributed by atoms with Gasteiger partial charge in [-0.05, 0) is 102 Å². The second kappa shape index (κ2) is 10.0. The van der Waals surface area contributed by atoms with E-state index in [1.54, 1.807) is 0 Å². The van der Waals surface area contributed by atoms with E-state index in [0.717, 1.165) is 25.7 Å². The van der Waals surface area contributed by atoms with E-state index in [1.165, 1.54) is 31.0 Å². The molecule has 10 unspecified atom stereocenters. The largest absolute Gasteiger partial charge is 0.460 e. The molecule has 10 atom stereocenters. The number of likely N-dealkylation sites (tertiary alicyclic amines) is 1. The van der Waals surface area contributed by atoms with Crippen molar-refractivity contribution in [2.45, 2.75) is 125 Å². The fraction of sp³-hybridized carbons (Fsp3) is 0.882. The molecule has 3 heterocycles. The second-order valence-electron chi connectivity index (χ2n) is 16.9. The maximum absolute atomic E-state index is 14.2. The summed E-state index contributed by atoms with van der Waals surface area (Å²) in [5.41, 5.74) is -0.985. The lowest BCUT2D eigenvalue weighted by Crippen LogP contribution is -2.55. The predicted molar refractivity (Wildman–Crippen MR) is 159 cm³/mol. The average Bonchev–Trinajstić information content (AvgIpc) is 3.71. The minimum Gasteiger partial charge on any atom is -0.460 e. The number of halogens is 2. The SMILES string of the molecule is CC(F)(F)COC(=O)C1C2CCC(S2)C1C(=O)OC1C2CC3C(C(=O)N(C(C)(C)C)C31)C2C(=O)OC12CC3CC(CC(C3)C1)C2. The molecule has 45 heavy (non-hydrogen) atoms. The van der Waals surface area contributed by atoms with Gasteiger partial charge in [0.15, 0.2) is 6.61 Å². The fourth-order valence-electron chi connectivity index (χ4n) is 11.8. The lowest BCUT2D eigenvalue weighted by atomic mass is 9.54. The first-order chi connectivity index (χ1) is 21.1. The molecule has 248 valence electrons. The molecule has 3 aliphatic heterocycles. The molecule has 3 saturated heterocycles. The molecule has 0 N–H and O–H groups in total. The van der Waals surface area contributed by atoms with Crippen molar-refractivity contribution in [2.75, 3.05) is 6.61 Å². The molecule has 0 spiro atoms. The van der Waals surface area contributed by atoms with Crippen LogP contribution in [0.25, 0.3) is 0 Å². The summed E-state index contributed by atoms with van der Waals surface area (Å²) in [6.45, 7) is 5.56. The molecular formula is C34H45F2NO7S. The molecule has 0 aromatic heterocycles. The molecule has 9 fully saturated rings. The average molecular weight is 650 g/mol. The quantitative estimate of drug-likeness (QED) is 0.281. The molecule has 8 bridgehead atoms. The Morgan fingerprint density at radius 1 is 0.844 bits per heavy atom. The minimum atomic E-state index is -3.17. The van der Waals surface area contributed by atoms with Crippen molar-refractivity contribution in [1.29, 1.82) is 0 Å². The topological polar surface area (TPSA) is 99.2 Å². The fourth-order valence-corrected chi connectivity index (χ4v) is 13.7. The third-order valence-corrected chi connectivity index (χ3v) is 14.5. The van der Waals surface area contributed by atoms with Gasteiger partial charge in [-0.2, -0.15) is 11.8 Å². The van der Waals surface area contributed by atoms with Gasteiger partial charge in [-0.15, -0.1) is 0 Å². The summed E-state index contributed by atoms with van der Waals surface area (Å²) < 4.78 is 44.9. The van der Waals surface area contributed by atoms with Gasteiger partial charge < -0.3 is 19.1 Å². The molecule has 0 radical (unpaired) electrons. The summed E-state index contributed by atoms with van der Waals surface area (Å²) >= 11 is 1.54. The van der Waals surface area contributed by atoms with Gasteiger partial charge in [0.1, 0.15) is 11.7 Å². The number of carbonyl (C=O) groups excluding carboxylic acids is 4. The van der Waals surface area contributed by atoms with E-state index >= 15 is 0 Å². The number of rotatable bonds is 7. The summed E-state index contributed by atoms with van der Waals surface area (Å²) in [6.07, 6.45) is 7.75. The number of esters is 3. The maximum atomic E-state index is 14.2. The second-order valence-corrected chi connectivity index (χ2v) is 18.4. The third-order valence-electron chi connectivity index (χ3n) is 12.7. The van der Waals surface area contributed by atoms with Crippen molar-refractivity contribution >= 4 is 35.6 Å². The van der Waals surface area contributed by atoms with E-state index in [4.69, 9.17) is 14.2 Å². The zero-order valence-electron chi connectivity index (χ0n) is 26.5. The summed E-state index contributed by atoms with van der Waals surface area (Å²) in [6, 6.07) is -0.351. The Kier molecular flexibility index (Phi) is 6.79. The standard InChI is InChI=1S/C34H45F2NO7S/c1-32(2,3)37-26-18-10-19(23(22(18)28(37)38)31(41)44-34-11-15-7-16(12-34)9-17(8-15)13-34)27(26)43-30(40)25-21-6-5-20(45-21)24(25)29(39)42-14-33(4,35)36/h15-27H,5-14H2,1-4H3. The normalized spacial score (nSPS) is 47.1. The van der Waals surface area contributed by atoms with Crippen molar-refractivity contribution in [3.8, 4) is 0 Å². The summed E-state index contributed by atoms with van der Waals surface area (Å²) in [5.74, 6) is -6.32. The Labute approximate surface area is 267 Å². The van der Waals surface area contributed by atoms with Crippen LogP contribution >= 0.6 is 11.8 Å². The van der Waals surface area contributed by atoms with Gasteiger partial charge in [0.25, 0.3) is 5.92 Å². The number of hydrogen-bond acceptors (Lipinski definition) is 8. The molecule has 9 aliphatic rings. The number of hydrogen-bond donors (Lipinski definition) is 0. The maximum Gasteiger partial charge on any atom is 0.311 e. The number of carbonyl (C=O) groups is 4. The van der Waals surface area contributed by atoms with Crippen molar-refractivity contribution in [1.82, 2.24) is 4.90 Å². The van der Waals surface area contributed by atoms with Gasteiger partial charge in [0.2, 0.25) is 5.91 Å². The molecular weight excluding hydrogens is 604 g/mol. The Morgan fingerprint density at radius 2 is 1.42 bits per heavy atom. The van der Waals surface area contributed by atoms with Crippen LogP contribution in [-0.4, -0.2) is 75.0 Å². The van der Waals surface area contributed by atoms with Crippen LogP contribution in [0, 0.1) is 53.3 Å². The van der Waals surface area contributed by atoms with E-state index in [-0.39, 0.29) is 40.3 Å². The Morgan fingerprint density at radius 3 is 1.98 bits per heavy atom. The van der Waals surface area contributed by atoms with Crippen LogP contribution in [0.15, 0.2) is 0 Å². The first-order valence-corrected chi connectivity index (χ1v) is 18.0. The molecule has 0 aromatic carbocycles. The Bertz CT molecular complexity index is 1270. The lowest BCUT2D eigenvalue weighted by Gasteiger charge is -2.56. The molecule has 9 rings (SSSR count). The molecule has 8 nitrogen and oxygen atoms in total. The number of ether oxygens (including phenoxy) is 3. The van der Waals surface area contributed by atoms with Crippen molar-refractivity contribution in [2.24, 2.45) is 53.3 Å². The van der Waals surface area contributed by atoms with Crippen molar-refractivity contribution in [3.05, 3.63) is 0 Å². The molecule has 11 heteroatoms. The highest BCUT2D eigenvalue weighted by molar-refractivity contribution is 8.01. The van der Waals surface area contributed by atoms with Gasteiger partial charge in [0.05, 0.1) is 29.7 Å². The highest BCUT2D eigenvalue weighted by Gasteiger charge is 2.73. The zero-order valence-corrected chi connectivity index (χ0v) is 27.4. The van der Waals surface area contributed by atoms with Crippen LogP contribution in [0.1, 0.15) is 85.5 Å². The highest BCUT2D eigenvalue weighted by atomic mass is 32.2.